The third-order valence-electron chi connectivity index (χ3n) is 5.73. The van der Waals surface area contributed by atoms with Crippen LogP contribution in [-0.2, 0) is 23.4 Å². The molecule has 0 bridgehead atoms. The van der Waals surface area contributed by atoms with Crippen LogP contribution in [0.25, 0.3) is 10.9 Å². The van der Waals surface area contributed by atoms with E-state index in [2.05, 4.69) is 65.7 Å². The fourth-order valence-corrected chi connectivity index (χ4v) is 4.58. The first-order valence-corrected chi connectivity index (χ1v) is 8.94. The van der Waals surface area contributed by atoms with Crippen molar-refractivity contribution in [1.82, 2.24) is 14.5 Å². The van der Waals surface area contributed by atoms with Gasteiger partial charge in [-0.15, -0.1) is 0 Å². The third kappa shape index (κ3) is 2.17. The zero-order valence-electron chi connectivity index (χ0n) is 15.0. The van der Waals surface area contributed by atoms with E-state index in [0.717, 1.165) is 19.6 Å². The van der Waals surface area contributed by atoms with Gasteiger partial charge in [0, 0.05) is 36.4 Å². The van der Waals surface area contributed by atoms with Gasteiger partial charge in [0.2, 0.25) is 0 Å². The average Bonchev–Trinajstić information content (AvgIpc) is 2.89. The number of rotatable bonds is 1. The van der Waals surface area contributed by atoms with Crippen LogP contribution in [0.15, 0.2) is 42.7 Å². The van der Waals surface area contributed by atoms with E-state index >= 15 is 0 Å². The first-order valence-electron chi connectivity index (χ1n) is 8.94. The number of hydrogen-bond donors (Lipinski definition) is 0. The van der Waals surface area contributed by atoms with Crippen molar-refractivity contribution >= 4 is 10.9 Å². The highest BCUT2D eigenvalue weighted by atomic mass is 16.5. The van der Waals surface area contributed by atoms with Crippen LogP contribution in [0.3, 0.4) is 0 Å². The second-order valence-corrected chi connectivity index (χ2v) is 7.74. The molecule has 0 aliphatic carbocycles. The van der Waals surface area contributed by atoms with Gasteiger partial charge < -0.3 is 9.30 Å². The molecule has 5 rings (SSSR count). The molecule has 2 aliphatic rings. The summed E-state index contributed by atoms with van der Waals surface area (Å²) < 4.78 is 9.21. The molecular weight excluding hydrogens is 310 g/mol. The molecule has 1 aromatic carbocycles. The average molecular weight is 333 g/mol. The van der Waals surface area contributed by atoms with Gasteiger partial charge in [0.15, 0.2) is 0 Å². The highest BCUT2D eigenvalue weighted by molar-refractivity contribution is 5.87. The van der Waals surface area contributed by atoms with Gasteiger partial charge in [-0.2, -0.15) is 0 Å². The molecule has 2 unspecified atom stereocenters. The minimum Gasteiger partial charge on any atom is -0.358 e. The first-order chi connectivity index (χ1) is 12.0. The molecule has 2 aromatic heterocycles. The molecule has 0 saturated carbocycles. The Kier molecular flexibility index (Phi) is 3.12. The number of ether oxygens (including phenoxy) is 1. The van der Waals surface area contributed by atoms with Crippen LogP contribution in [0, 0.1) is 6.92 Å². The Morgan fingerprint density at radius 2 is 2.00 bits per heavy atom. The summed E-state index contributed by atoms with van der Waals surface area (Å²) in [6.07, 6.45) is 3.82. The molecule has 0 radical (unpaired) electrons. The highest BCUT2D eigenvalue weighted by Gasteiger charge is 2.42. The molecule has 0 spiro atoms. The first kappa shape index (κ1) is 15.1. The maximum Gasteiger partial charge on any atom is 0.112 e. The van der Waals surface area contributed by atoms with Crippen molar-refractivity contribution in [3.8, 4) is 0 Å². The summed E-state index contributed by atoms with van der Waals surface area (Å²) in [4.78, 5) is 6.54. The van der Waals surface area contributed by atoms with Gasteiger partial charge in [0.1, 0.15) is 11.7 Å². The third-order valence-corrected chi connectivity index (χ3v) is 5.73. The van der Waals surface area contributed by atoms with Crippen molar-refractivity contribution < 1.29 is 4.74 Å². The van der Waals surface area contributed by atoms with Crippen LogP contribution in [0.1, 0.15) is 35.4 Å². The number of nitrogens with zero attached hydrogens (tertiary/aromatic N) is 3. The summed E-state index contributed by atoms with van der Waals surface area (Å²) >= 11 is 0. The van der Waals surface area contributed by atoms with Crippen molar-refractivity contribution in [3.05, 3.63) is 65.1 Å². The molecule has 4 heterocycles. The van der Waals surface area contributed by atoms with E-state index in [0.29, 0.717) is 0 Å². The Labute approximate surface area is 148 Å². The van der Waals surface area contributed by atoms with Crippen LogP contribution >= 0.6 is 0 Å². The molecule has 25 heavy (non-hydrogen) atoms. The lowest BCUT2D eigenvalue weighted by Gasteiger charge is -2.44. The largest absolute Gasteiger partial charge is 0.358 e. The summed E-state index contributed by atoms with van der Waals surface area (Å²) in [6, 6.07) is 11.0. The minimum atomic E-state index is -0.340. The zero-order valence-corrected chi connectivity index (χ0v) is 15.0. The summed E-state index contributed by atoms with van der Waals surface area (Å²) in [6.45, 7) is 7.15. The topological polar surface area (TPSA) is 30.3 Å². The second kappa shape index (κ2) is 5.16. The Morgan fingerprint density at radius 1 is 1.20 bits per heavy atom. The summed E-state index contributed by atoms with van der Waals surface area (Å²) in [7, 11) is 2.18. The molecule has 128 valence electrons. The lowest BCUT2D eigenvalue weighted by Crippen LogP contribution is -2.44. The molecule has 2 aliphatic heterocycles. The van der Waals surface area contributed by atoms with E-state index < -0.39 is 0 Å². The molecule has 0 N–H and O–H groups in total. The van der Waals surface area contributed by atoms with Crippen LogP contribution < -0.4 is 0 Å². The fourth-order valence-electron chi connectivity index (χ4n) is 4.58. The van der Waals surface area contributed by atoms with Crippen LogP contribution in [0.5, 0.6) is 0 Å². The smallest absolute Gasteiger partial charge is 0.112 e. The number of pyridine rings is 1. The standard InChI is InChI=1S/C21H23N3O/c1-14-4-5-18-16(10-14)17-11-23(3)12-19-20(17)24(18)13-21(2,25-19)15-6-8-22-9-7-15/h4-10,19H,11-13H2,1-3H3. The van der Waals surface area contributed by atoms with Crippen molar-refractivity contribution in [2.45, 2.75) is 38.6 Å². The van der Waals surface area contributed by atoms with Gasteiger partial charge in [-0.3, -0.25) is 9.88 Å². The highest BCUT2D eigenvalue weighted by Crippen LogP contribution is 2.46. The van der Waals surface area contributed by atoms with E-state index in [1.54, 1.807) is 0 Å². The molecular formula is C21H23N3O. The molecule has 4 heteroatoms. The van der Waals surface area contributed by atoms with Crippen molar-refractivity contribution in [2.24, 2.45) is 0 Å². The van der Waals surface area contributed by atoms with E-state index in [1.807, 2.05) is 12.4 Å². The van der Waals surface area contributed by atoms with Gasteiger partial charge in [0.05, 0.1) is 12.2 Å². The summed E-state index contributed by atoms with van der Waals surface area (Å²) in [5.41, 5.74) is 6.32. The SMILES string of the molecule is Cc1ccc2c(c1)c1c3n2CC(C)(c2ccncc2)OC3CN(C)C1. The van der Waals surface area contributed by atoms with E-state index in [9.17, 15) is 0 Å². The quantitative estimate of drug-likeness (QED) is 0.679. The predicted molar refractivity (Wildman–Crippen MR) is 98.4 cm³/mol. The lowest BCUT2D eigenvalue weighted by molar-refractivity contribution is -0.133. The van der Waals surface area contributed by atoms with Gasteiger partial charge in [0.25, 0.3) is 0 Å². The molecule has 2 atom stereocenters. The zero-order chi connectivity index (χ0) is 17.2. The van der Waals surface area contributed by atoms with Gasteiger partial charge in [-0.05, 0) is 56.3 Å². The van der Waals surface area contributed by atoms with E-state index in [4.69, 9.17) is 4.74 Å². The summed E-state index contributed by atoms with van der Waals surface area (Å²) in [5.74, 6) is 0. The molecule has 0 fully saturated rings. The number of fused-ring (bicyclic) bond motifs is 3. The Hall–Kier alpha value is -2.17. The number of aryl methyl sites for hydroxylation is 1. The van der Waals surface area contributed by atoms with Crippen LogP contribution in [-0.4, -0.2) is 28.0 Å². The predicted octanol–water partition coefficient (Wildman–Crippen LogP) is 3.78. The summed E-state index contributed by atoms with van der Waals surface area (Å²) in [5, 5.41) is 1.38. The maximum absolute atomic E-state index is 6.71. The Bertz CT molecular complexity index is 962. The minimum absolute atomic E-state index is 0.105. The maximum atomic E-state index is 6.71. The van der Waals surface area contributed by atoms with E-state index in [-0.39, 0.29) is 11.7 Å². The van der Waals surface area contributed by atoms with Gasteiger partial charge in [-0.25, -0.2) is 0 Å². The van der Waals surface area contributed by atoms with Crippen LogP contribution in [0.4, 0.5) is 0 Å². The number of hydrogen-bond acceptors (Lipinski definition) is 3. The number of likely N-dealkylation sites (N-methyl/N-ethyl adjacent to an activating group) is 1. The van der Waals surface area contributed by atoms with Gasteiger partial charge >= 0.3 is 0 Å². The molecule has 3 aromatic rings. The Morgan fingerprint density at radius 3 is 2.80 bits per heavy atom. The van der Waals surface area contributed by atoms with Crippen molar-refractivity contribution in [3.63, 3.8) is 0 Å². The fraction of sp³-hybridized carbons (Fsp3) is 0.381. The van der Waals surface area contributed by atoms with Crippen LogP contribution in [0.2, 0.25) is 0 Å². The number of aromatic nitrogens is 2. The Balaban J connectivity index is 1.75. The normalized spacial score (nSPS) is 26.0. The molecule has 0 amide bonds. The molecule has 0 saturated heterocycles. The van der Waals surface area contributed by atoms with Crippen molar-refractivity contribution in [2.75, 3.05) is 13.6 Å². The van der Waals surface area contributed by atoms with Gasteiger partial charge in [-0.1, -0.05) is 11.6 Å². The lowest BCUT2D eigenvalue weighted by atomic mass is 9.92. The van der Waals surface area contributed by atoms with Crippen molar-refractivity contribution in [1.29, 1.82) is 0 Å². The number of benzene rings is 1. The monoisotopic (exact) mass is 333 g/mol. The van der Waals surface area contributed by atoms with E-state index in [1.165, 1.54) is 33.3 Å². The second-order valence-electron chi connectivity index (χ2n) is 7.74. The molecule has 4 nitrogen and oxygen atoms in total.